The van der Waals surface area contributed by atoms with Crippen molar-refractivity contribution in [3.05, 3.63) is 70.9 Å². The van der Waals surface area contributed by atoms with Crippen LogP contribution in [0.5, 0.6) is 0 Å². The Morgan fingerprint density at radius 3 is 2.72 bits per heavy atom. The molecule has 0 saturated carbocycles. The molecule has 3 aromatic heterocycles. The van der Waals surface area contributed by atoms with Crippen LogP contribution in [-0.4, -0.2) is 55.1 Å². The fraction of sp³-hybridized carbons (Fsp3) is 0.292. The van der Waals surface area contributed by atoms with E-state index in [9.17, 15) is 14.3 Å². The smallest absolute Gasteiger partial charge is 0.319 e. The summed E-state index contributed by atoms with van der Waals surface area (Å²) in [5, 5.41) is 20.8. The molecule has 36 heavy (non-hydrogen) atoms. The van der Waals surface area contributed by atoms with Crippen molar-refractivity contribution in [2.24, 2.45) is 0 Å². The molecule has 5 rings (SSSR count). The van der Waals surface area contributed by atoms with Crippen LogP contribution in [0.4, 0.5) is 20.8 Å². The van der Waals surface area contributed by atoms with E-state index in [-0.39, 0.29) is 24.1 Å². The number of fused-ring (bicyclic) bond motifs is 1. The van der Waals surface area contributed by atoms with Crippen LogP contribution in [0.2, 0.25) is 0 Å². The summed E-state index contributed by atoms with van der Waals surface area (Å²) in [5.74, 6) is -0.154. The van der Waals surface area contributed by atoms with Gasteiger partial charge in [0.05, 0.1) is 28.0 Å². The third-order valence-electron chi connectivity index (χ3n) is 5.83. The van der Waals surface area contributed by atoms with Crippen molar-refractivity contribution in [2.75, 3.05) is 23.7 Å². The second kappa shape index (κ2) is 10.1. The first kappa shape index (κ1) is 24.0. The predicted octanol–water partition coefficient (Wildman–Crippen LogP) is 3.60. The zero-order chi connectivity index (χ0) is 25.2. The lowest BCUT2D eigenvalue weighted by Crippen LogP contribution is -2.60. The number of benzene rings is 1. The fourth-order valence-electron chi connectivity index (χ4n) is 3.98. The molecule has 10 nitrogen and oxygen atoms in total. The zero-order valence-electron chi connectivity index (χ0n) is 19.6. The number of halogens is 1. The normalized spacial score (nSPS) is 15.8. The number of aryl methyl sites for hydroxylation is 1. The number of aliphatic hydroxyl groups excluding tert-OH is 1. The first-order chi connectivity index (χ1) is 17.4. The summed E-state index contributed by atoms with van der Waals surface area (Å²) in [6, 6.07) is 9.86. The topological polar surface area (TPSA) is 128 Å². The lowest BCUT2D eigenvalue weighted by atomic mass is 10.1. The number of pyridine rings is 1. The zero-order valence-corrected chi connectivity index (χ0v) is 20.5. The number of anilines is 2. The minimum Gasteiger partial charge on any atom is -0.372 e. The molecule has 2 amide bonds. The van der Waals surface area contributed by atoms with E-state index >= 15 is 0 Å². The number of para-hydroxylation sites is 1. The maximum Gasteiger partial charge on any atom is 0.319 e. The molecule has 4 N–H and O–H groups in total. The van der Waals surface area contributed by atoms with Gasteiger partial charge in [-0.3, -0.25) is 9.88 Å². The number of likely N-dealkylation sites (tertiary alicyclic amines) is 1. The van der Waals surface area contributed by atoms with Gasteiger partial charge in [0.15, 0.2) is 11.9 Å². The van der Waals surface area contributed by atoms with Crippen LogP contribution < -0.4 is 16.0 Å². The number of amides is 2. The van der Waals surface area contributed by atoms with E-state index in [1.54, 1.807) is 6.20 Å². The number of aromatic nitrogens is 4. The number of carbonyl (C=O) groups excluding carboxylic acids is 1. The van der Waals surface area contributed by atoms with E-state index < -0.39 is 12.0 Å². The highest BCUT2D eigenvalue weighted by Crippen LogP contribution is 2.32. The average molecular weight is 509 g/mol. The van der Waals surface area contributed by atoms with Crippen LogP contribution in [0, 0.1) is 12.7 Å². The number of urea groups is 1. The Labute approximate surface area is 210 Å². The van der Waals surface area contributed by atoms with Gasteiger partial charge >= 0.3 is 6.03 Å². The second-order valence-electron chi connectivity index (χ2n) is 8.61. The molecule has 2 atom stereocenters. The molecule has 0 bridgehead atoms. The number of nitrogens with zero attached hydrogens (tertiary/aromatic N) is 5. The third-order valence-corrected chi connectivity index (χ3v) is 6.81. The van der Waals surface area contributed by atoms with Crippen molar-refractivity contribution in [2.45, 2.75) is 32.2 Å². The monoisotopic (exact) mass is 508 g/mol. The van der Waals surface area contributed by atoms with Crippen molar-refractivity contribution in [3.8, 4) is 0 Å². The van der Waals surface area contributed by atoms with Gasteiger partial charge in [-0.15, -0.1) is 11.3 Å². The van der Waals surface area contributed by atoms with E-state index in [4.69, 9.17) is 0 Å². The molecule has 1 aromatic carbocycles. The van der Waals surface area contributed by atoms with E-state index in [2.05, 4.69) is 35.9 Å². The quantitative estimate of drug-likeness (QED) is 0.298. The maximum absolute atomic E-state index is 13.6. The second-order valence-corrected chi connectivity index (χ2v) is 9.81. The highest BCUT2D eigenvalue weighted by Gasteiger charge is 2.35. The van der Waals surface area contributed by atoms with Crippen molar-refractivity contribution >= 4 is 39.4 Å². The lowest BCUT2D eigenvalue weighted by Gasteiger charge is -2.42. The number of rotatable bonds is 7. The summed E-state index contributed by atoms with van der Waals surface area (Å²) in [6.45, 7) is 4.63. The molecule has 1 unspecified atom stereocenters. The molecule has 0 spiro atoms. The van der Waals surface area contributed by atoms with Gasteiger partial charge in [-0.25, -0.2) is 19.2 Å². The van der Waals surface area contributed by atoms with Crippen LogP contribution >= 0.6 is 11.3 Å². The van der Waals surface area contributed by atoms with Crippen LogP contribution in [-0.2, 0) is 0 Å². The molecular weight excluding hydrogens is 483 g/mol. The highest BCUT2D eigenvalue weighted by atomic mass is 32.1. The first-order valence-electron chi connectivity index (χ1n) is 11.4. The van der Waals surface area contributed by atoms with E-state index in [0.29, 0.717) is 40.4 Å². The van der Waals surface area contributed by atoms with Gasteiger partial charge in [-0.05, 0) is 37.6 Å². The van der Waals surface area contributed by atoms with Crippen molar-refractivity contribution < 1.29 is 14.3 Å². The predicted molar refractivity (Wildman–Crippen MR) is 135 cm³/mol. The first-order valence-corrected chi connectivity index (χ1v) is 12.2. The lowest BCUT2D eigenvalue weighted by molar-refractivity contribution is -0.0526. The minimum absolute atomic E-state index is 0.109. The Hall–Kier alpha value is -3.74. The summed E-state index contributed by atoms with van der Waals surface area (Å²) >= 11 is 1.41. The van der Waals surface area contributed by atoms with Crippen LogP contribution in [0.25, 0.3) is 10.3 Å². The SMILES string of the molecule is Cc1nc2nc(N[C@@H](C)c3cncc(F)c3)nc(C(O)N3CC(NC(=O)Nc4ccccc4)C3)c2s1. The Morgan fingerprint density at radius 2 is 1.97 bits per heavy atom. The fourth-order valence-corrected chi connectivity index (χ4v) is 4.85. The van der Waals surface area contributed by atoms with Crippen LogP contribution in [0.3, 0.4) is 0 Å². The number of hydrogen-bond donors (Lipinski definition) is 4. The van der Waals surface area contributed by atoms with Crippen molar-refractivity contribution in [1.29, 1.82) is 0 Å². The molecular formula is C24H25FN8O2S. The number of aliphatic hydroxyl groups is 1. The minimum atomic E-state index is -1.00. The summed E-state index contributed by atoms with van der Waals surface area (Å²) in [4.78, 5) is 31.5. The van der Waals surface area contributed by atoms with Gasteiger partial charge in [0.25, 0.3) is 0 Å². The molecule has 1 aliphatic rings. The Bertz CT molecular complexity index is 1380. The average Bonchev–Trinajstić information content (AvgIpc) is 3.21. The molecule has 1 fully saturated rings. The Morgan fingerprint density at radius 1 is 1.19 bits per heavy atom. The largest absolute Gasteiger partial charge is 0.372 e. The maximum atomic E-state index is 13.6. The van der Waals surface area contributed by atoms with Gasteiger partial charge in [0.1, 0.15) is 11.5 Å². The van der Waals surface area contributed by atoms with Crippen molar-refractivity contribution in [3.63, 3.8) is 0 Å². The standard InChI is InChI=1S/C24H25FN8O2S/c1-13(15-8-16(25)10-26-9-15)27-23-31-19(20-21(32-23)28-14(2)36-20)22(34)33-11-18(12-33)30-24(35)29-17-6-4-3-5-7-17/h3-10,13,18,22,34H,11-12H2,1-2H3,(H,27,31,32)(H2,29,30,35)/t13-,22?/m0/s1. The number of hydrogen-bond acceptors (Lipinski definition) is 9. The number of nitrogens with one attached hydrogen (secondary N) is 3. The third kappa shape index (κ3) is 5.25. The molecule has 4 aromatic rings. The molecule has 4 heterocycles. The summed E-state index contributed by atoms with van der Waals surface area (Å²) < 4.78 is 14.3. The van der Waals surface area contributed by atoms with Gasteiger partial charge in [0.2, 0.25) is 5.95 Å². The van der Waals surface area contributed by atoms with Crippen LogP contribution in [0.1, 0.15) is 35.5 Å². The highest BCUT2D eigenvalue weighted by molar-refractivity contribution is 7.18. The van der Waals surface area contributed by atoms with Gasteiger partial charge in [-0.2, -0.15) is 4.98 Å². The van der Waals surface area contributed by atoms with Crippen LogP contribution in [0.15, 0.2) is 48.8 Å². The Kier molecular flexibility index (Phi) is 6.72. The molecule has 12 heteroatoms. The number of carbonyl (C=O) groups is 1. The molecule has 186 valence electrons. The van der Waals surface area contributed by atoms with E-state index in [1.165, 1.54) is 17.4 Å². The molecule has 1 aliphatic heterocycles. The molecule has 0 radical (unpaired) electrons. The van der Waals surface area contributed by atoms with Gasteiger partial charge < -0.3 is 21.1 Å². The van der Waals surface area contributed by atoms with E-state index in [0.717, 1.165) is 11.2 Å². The van der Waals surface area contributed by atoms with E-state index in [1.807, 2.05) is 49.1 Å². The van der Waals surface area contributed by atoms with Gasteiger partial charge in [-0.1, -0.05) is 18.2 Å². The Balaban J connectivity index is 1.27. The summed E-state index contributed by atoms with van der Waals surface area (Å²) in [5.41, 5.74) is 2.26. The number of thiazole rings is 1. The van der Waals surface area contributed by atoms with Crippen molar-refractivity contribution in [1.82, 2.24) is 30.2 Å². The summed E-state index contributed by atoms with van der Waals surface area (Å²) in [7, 11) is 0. The molecule has 0 aliphatic carbocycles. The summed E-state index contributed by atoms with van der Waals surface area (Å²) in [6.07, 6.45) is 1.71. The van der Waals surface area contributed by atoms with Gasteiger partial charge in [0, 0.05) is 25.0 Å². The molecule has 1 saturated heterocycles.